The van der Waals surface area contributed by atoms with E-state index in [0.29, 0.717) is 35.8 Å². The zero-order chi connectivity index (χ0) is 19.2. The molecule has 2 aromatic carbocycles. The third kappa shape index (κ3) is 5.79. The molecule has 0 aliphatic rings. The molecule has 1 aromatic heterocycles. The maximum absolute atomic E-state index is 13.6. The van der Waals surface area contributed by atoms with E-state index in [9.17, 15) is 9.18 Å². The van der Waals surface area contributed by atoms with Crippen LogP contribution in [-0.2, 0) is 17.6 Å². The molecule has 0 saturated heterocycles. The molecule has 0 aliphatic heterocycles. The molecule has 6 nitrogen and oxygen atoms in total. The van der Waals surface area contributed by atoms with Gasteiger partial charge in [-0.3, -0.25) is 4.79 Å². The fourth-order valence-electron chi connectivity index (χ4n) is 2.55. The van der Waals surface area contributed by atoms with Crippen molar-refractivity contribution in [2.24, 2.45) is 0 Å². The van der Waals surface area contributed by atoms with Crippen molar-refractivity contribution < 1.29 is 13.7 Å². The predicted molar refractivity (Wildman–Crippen MR) is 108 cm³/mol. The predicted octanol–water partition coefficient (Wildman–Crippen LogP) is 3.48. The monoisotopic (exact) mass is 404 g/mol. The summed E-state index contributed by atoms with van der Waals surface area (Å²) >= 11 is 0. The molecular weight excluding hydrogens is 383 g/mol. The van der Waals surface area contributed by atoms with E-state index in [-0.39, 0.29) is 30.6 Å². The van der Waals surface area contributed by atoms with Crippen LogP contribution in [-0.4, -0.2) is 22.6 Å². The zero-order valence-corrected chi connectivity index (χ0v) is 16.3. The largest absolute Gasteiger partial charge is 0.399 e. The number of nitrogens with two attached hydrogens (primary N) is 1. The van der Waals surface area contributed by atoms with Gasteiger partial charge in [0.15, 0.2) is 0 Å². The lowest BCUT2D eigenvalue weighted by Gasteiger charge is -2.04. The Labute approximate surface area is 168 Å². The molecule has 8 heteroatoms. The summed E-state index contributed by atoms with van der Waals surface area (Å²) in [6, 6.07) is 12.3. The average Bonchev–Trinajstić information content (AvgIpc) is 3.13. The zero-order valence-electron chi connectivity index (χ0n) is 15.4. The highest BCUT2D eigenvalue weighted by Crippen LogP contribution is 2.19. The van der Waals surface area contributed by atoms with Gasteiger partial charge >= 0.3 is 0 Å². The number of rotatable bonds is 7. The number of halogens is 2. The highest BCUT2D eigenvalue weighted by Gasteiger charge is 2.12. The summed E-state index contributed by atoms with van der Waals surface area (Å²) in [5.41, 5.74) is 8.56. The number of hydrogen-bond acceptors (Lipinski definition) is 5. The van der Waals surface area contributed by atoms with E-state index in [1.807, 2.05) is 24.3 Å². The summed E-state index contributed by atoms with van der Waals surface area (Å²) in [6.45, 7) is 2.23. The Bertz CT molecular complexity index is 928. The van der Waals surface area contributed by atoms with Gasteiger partial charge in [-0.05, 0) is 42.7 Å². The standard InChI is InChI=1S/C20H21FN4O2.ClH/c1-13-2-5-15(12-17(13)21)20-24-19(27-25-20)9-8-18(26)23-11-10-14-3-6-16(22)7-4-14;/h2-7,12H,8-11,22H2,1H3,(H,23,26);1H. The number of carbonyl (C=O) groups excluding carboxylic acids is 1. The second-order valence-electron chi connectivity index (χ2n) is 6.32. The number of hydrogen-bond donors (Lipinski definition) is 2. The van der Waals surface area contributed by atoms with Crippen LogP contribution in [0.4, 0.5) is 10.1 Å². The molecule has 1 amide bonds. The smallest absolute Gasteiger partial charge is 0.227 e. The Hall–Kier alpha value is -2.93. The molecule has 0 atom stereocenters. The van der Waals surface area contributed by atoms with Gasteiger partial charge in [-0.25, -0.2) is 4.39 Å². The van der Waals surface area contributed by atoms with Crippen LogP contribution in [0.5, 0.6) is 0 Å². The number of anilines is 1. The topological polar surface area (TPSA) is 94.0 Å². The number of nitrogens with zero attached hydrogens (tertiary/aromatic N) is 2. The Kier molecular flexibility index (Phi) is 7.52. The van der Waals surface area contributed by atoms with Crippen molar-refractivity contribution in [3.63, 3.8) is 0 Å². The molecule has 1 heterocycles. The van der Waals surface area contributed by atoms with E-state index >= 15 is 0 Å². The minimum Gasteiger partial charge on any atom is -0.399 e. The van der Waals surface area contributed by atoms with E-state index < -0.39 is 0 Å². The SMILES string of the molecule is Cc1ccc(-c2noc(CCC(=O)NCCc3ccc(N)cc3)n2)cc1F.Cl. The molecule has 0 saturated carbocycles. The van der Waals surface area contributed by atoms with E-state index in [0.717, 1.165) is 17.7 Å². The van der Waals surface area contributed by atoms with Gasteiger partial charge in [0.2, 0.25) is 17.6 Å². The van der Waals surface area contributed by atoms with Crippen LogP contribution in [0.15, 0.2) is 47.0 Å². The first-order chi connectivity index (χ1) is 13.0. The molecule has 0 aliphatic carbocycles. The molecule has 28 heavy (non-hydrogen) atoms. The molecule has 3 rings (SSSR count). The van der Waals surface area contributed by atoms with Crippen LogP contribution in [0, 0.1) is 12.7 Å². The summed E-state index contributed by atoms with van der Waals surface area (Å²) < 4.78 is 18.8. The molecular formula is C20H22ClFN4O2. The van der Waals surface area contributed by atoms with Crippen molar-refractivity contribution in [3.05, 3.63) is 65.3 Å². The van der Waals surface area contributed by atoms with Gasteiger partial charge in [0.25, 0.3) is 0 Å². The van der Waals surface area contributed by atoms with E-state index in [4.69, 9.17) is 10.3 Å². The highest BCUT2D eigenvalue weighted by atomic mass is 35.5. The van der Waals surface area contributed by atoms with Crippen molar-refractivity contribution in [2.45, 2.75) is 26.2 Å². The van der Waals surface area contributed by atoms with E-state index in [1.54, 1.807) is 19.1 Å². The van der Waals surface area contributed by atoms with E-state index in [1.165, 1.54) is 6.07 Å². The molecule has 0 spiro atoms. The normalized spacial score (nSPS) is 10.4. The fourth-order valence-corrected chi connectivity index (χ4v) is 2.55. The molecule has 148 valence electrons. The third-order valence-electron chi connectivity index (χ3n) is 4.18. The lowest BCUT2D eigenvalue weighted by molar-refractivity contribution is -0.121. The summed E-state index contributed by atoms with van der Waals surface area (Å²) in [5.74, 6) is 0.248. The second-order valence-corrected chi connectivity index (χ2v) is 6.32. The Morgan fingerprint density at radius 1 is 1.18 bits per heavy atom. The Morgan fingerprint density at radius 2 is 1.93 bits per heavy atom. The van der Waals surface area contributed by atoms with Crippen LogP contribution in [0.3, 0.4) is 0 Å². The number of nitrogen functional groups attached to an aromatic ring is 1. The van der Waals surface area contributed by atoms with Gasteiger partial charge in [-0.2, -0.15) is 4.98 Å². The minimum atomic E-state index is -0.320. The number of carbonyl (C=O) groups is 1. The maximum Gasteiger partial charge on any atom is 0.227 e. The summed E-state index contributed by atoms with van der Waals surface area (Å²) in [7, 11) is 0. The minimum absolute atomic E-state index is 0. The first-order valence-electron chi connectivity index (χ1n) is 8.71. The van der Waals surface area contributed by atoms with Gasteiger partial charge < -0.3 is 15.6 Å². The molecule has 3 aromatic rings. The molecule has 0 unspecified atom stereocenters. The van der Waals surface area contributed by atoms with Gasteiger partial charge in [0.1, 0.15) is 5.82 Å². The fraction of sp³-hybridized carbons (Fsp3) is 0.250. The van der Waals surface area contributed by atoms with Crippen LogP contribution in [0.2, 0.25) is 0 Å². The lowest BCUT2D eigenvalue weighted by Crippen LogP contribution is -2.25. The van der Waals surface area contributed by atoms with E-state index in [2.05, 4.69) is 15.5 Å². The number of benzene rings is 2. The lowest BCUT2D eigenvalue weighted by atomic mass is 10.1. The van der Waals surface area contributed by atoms with Gasteiger partial charge in [-0.1, -0.05) is 29.4 Å². The van der Waals surface area contributed by atoms with Crippen molar-refractivity contribution >= 4 is 24.0 Å². The molecule has 0 radical (unpaired) electrons. The number of amides is 1. The summed E-state index contributed by atoms with van der Waals surface area (Å²) in [5, 5.41) is 6.71. The molecule has 0 bridgehead atoms. The molecule has 0 fully saturated rings. The van der Waals surface area contributed by atoms with Crippen molar-refractivity contribution in [2.75, 3.05) is 12.3 Å². The number of aryl methyl sites for hydroxylation is 2. The van der Waals surface area contributed by atoms with Crippen LogP contribution in [0.25, 0.3) is 11.4 Å². The second kappa shape index (κ2) is 9.85. The Morgan fingerprint density at radius 3 is 2.64 bits per heavy atom. The van der Waals surface area contributed by atoms with Crippen LogP contribution < -0.4 is 11.1 Å². The summed E-state index contributed by atoms with van der Waals surface area (Å²) in [4.78, 5) is 16.2. The van der Waals surface area contributed by atoms with Gasteiger partial charge in [0, 0.05) is 30.6 Å². The van der Waals surface area contributed by atoms with Gasteiger partial charge in [0.05, 0.1) is 0 Å². The highest BCUT2D eigenvalue weighted by molar-refractivity contribution is 5.85. The first-order valence-corrected chi connectivity index (χ1v) is 8.71. The van der Waals surface area contributed by atoms with Gasteiger partial charge in [-0.15, -0.1) is 12.4 Å². The molecule has 3 N–H and O–H groups in total. The number of nitrogens with one attached hydrogen (secondary N) is 1. The summed E-state index contributed by atoms with van der Waals surface area (Å²) in [6.07, 6.45) is 1.30. The van der Waals surface area contributed by atoms with Crippen molar-refractivity contribution in [1.29, 1.82) is 0 Å². The van der Waals surface area contributed by atoms with Crippen LogP contribution in [0.1, 0.15) is 23.4 Å². The maximum atomic E-state index is 13.6. The van der Waals surface area contributed by atoms with Crippen LogP contribution >= 0.6 is 12.4 Å². The van der Waals surface area contributed by atoms with Crippen molar-refractivity contribution in [3.8, 4) is 11.4 Å². The van der Waals surface area contributed by atoms with Crippen molar-refractivity contribution in [1.82, 2.24) is 15.5 Å². The number of aromatic nitrogens is 2. The first kappa shape index (κ1) is 21.4. The third-order valence-corrected chi connectivity index (χ3v) is 4.18. The quantitative estimate of drug-likeness (QED) is 0.588. The Balaban J connectivity index is 0.00000280. The average molecular weight is 405 g/mol.